The van der Waals surface area contributed by atoms with Crippen LogP contribution in [0.5, 0.6) is 0 Å². The number of ether oxygens (including phenoxy) is 3. The fourth-order valence-electron chi connectivity index (χ4n) is 2.50. The minimum atomic E-state index is 0.180. The molecule has 1 aromatic heterocycles. The normalized spacial score (nSPS) is 25.6. The quantitative estimate of drug-likeness (QED) is 0.665. The fraction of sp³-hybridized carbons (Fsp3) is 0.733. The molecule has 0 radical (unpaired) electrons. The molecular weight excluding hydrogens is 258 g/mol. The maximum atomic E-state index is 5.60. The monoisotopic (exact) mass is 283 g/mol. The summed E-state index contributed by atoms with van der Waals surface area (Å²) in [5, 5.41) is 3.49. The molecule has 0 spiro atoms. The van der Waals surface area contributed by atoms with Crippen LogP contribution in [0, 0.1) is 0 Å². The van der Waals surface area contributed by atoms with Gasteiger partial charge in [0.15, 0.2) is 0 Å². The zero-order valence-electron chi connectivity index (χ0n) is 12.3. The molecule has 3 atom stereocenters. The third kappa shape index (κ3) is 4.31. The van der Waals surface area contributed by atoms with E-state index in [-0.39, 0.29) is 12.2 Å². The summed E-state index contributed by atoms with van der Waals surface area (Å²) in [6.45, 7) is 4.97. The van der Waals surface area contributed by atoms with Crippen molar-refractivity contribution in [1.82, 2.24) is 5.32 Å². The second-order valence-electron chi connectivity index (χ2n) is 4.98. The highest BCUT2D eigenvalue weighted by Gasteiger charge is 2.41. The standard InChI is InChI=1S/C15H25NO4/c1-3-19-14-10-13(15(14)17-2)16-7-5-8-18-11-12-6-4-9-20-12/h4,6,9,13-16H,3,5,7-8,10-11H2,1-2H3. The maximum absolute atomic E-state index is 5.60. The van der Waals surface area contributed by atoms with Gasteiger partial charge in [0.25, 0.3) is 0 Å². The minimum absolute atomic E-state index is 0.180. The zero-order chi connectivity index (χ0) is 14.2. The third-order valence-electron chi connectivity index (χ3n) is 3.60. The van der Waals surface area contributed by atoms with Gasteiger partial charge in [-0.25, -0.2) is 0 Å². The van der Waals surface area contributed by atoms with Gasteiger partial charge in [-0.1, -0.05) is 0 Å². The molecule has 1 saturated carbocycles. The van der Waals surface area contributed by atoms with E-state index in [0.717, 1.165) is 38.4 Å². The van der Waals surface area contributed by atoms with Gasteiger partial charge in [-0.05, 0) is 38.4 Å². The number of hydrogen-bond acceptors (Lipinski definition) is 5. The van der Waals surface area contributed by atoms with Gasteiger partial charge < -0.3 is 23.9 Å². The molecule has 1 aromatic rings. The molecule has 114 valence electrons. The second-order valence-corrected chi connectivity index (χ2v) is 4.98. The average molecular weight is 283 g/mol. The van der Waals surface area contributed by atoms with Crippen molar-refractivity contribution in [2.24, 2.45) is 0 Å². The minimum Gasteiger partial charge on any atom is -0.467 e. The highest BCUT2D eigenvalue weighted by Crippen LogP contribution is 2.26. The number of rotatable bonds is 10. The summed E-state index contributed by atoms with van der Waals surface area (Å²) in [7, 11) is 1.75. The summed E-state index contributed by atoms with van der Waals surface area (Å²) in [4.78, 5) is 0. The predicted octanol–water partition coefficient (Wildman–Crippen LogP) is 1.97. The lowest BCUT2D eigenvalue weighted by Gasteiger charge is -2.43. The molecule has 1 fully saturated rings. The van der Waals surface area contributed by atoms with Crippen LogP contribution < -0.4 is 5.32 Å². The second kappa shape index (κ2) is 8.42. The van der Waals surface area contributed by atoms with Crippen molar-refractivity contribution >= 4 is 0 Å². The Bertz CT molecular complexity index is 355. The van der Waals surface area contributed by atoms with E-state index in [1.165, 1.54) is 0 Å². The van der Waals surface area contributed by atoms with E-state index < -0.39 is 0 Å². The smallest absolute Gasteiger partial charge is 0.129 e. The Morgan fingerprint density at radius 2 is 2.35 bits per heavy atom. The number of hydrogen-bond donors (Lipinski definition) is 1. The van der Waals surface area contributed by atoms with Gasteiger partial charge in [-0.15, -0.1) is 0 Å². The van der Waals surface area contributed by atoms with E-state index in [0.29, 0.717) is 12.6 Å². The van der Waals surface area contributed by atoms with Crippen LogP contribution >= 0.6 is 0 Å². The Hall–Kier alpha value is -0.880. The van der Waals surface area contributed by atoms with Crippen LogP contribution in [0.1, 0.15) is 25.5 Å². The average Bonchev–Trinajstić information content (AvgIpc) is 2.93. The van der Waals surface area contributed by atoms with Crippen molar-refractivity contribution in [3.05, 3.63) is 24.2 Å². The summed E-state index contributed by atoms with van der Waals surface area (Å²) in [5.74, 6) is 0.871. The Labute approximate surface area is 120 Å². The molecule has 1 aliphatic rings. The van der Waals surface area contributed by atoms with E-state index in [4.69, 9.17) is 18.6 Å². The first-order valence-corrected chi connectivity index (χ1v) is 7.33. The Morgan fingerprint density at radius 1 is 1.45 bits per heavy atom. The van der Waals surface area contributed by atoms with Crippen LogP contribution in [0.15, 0.2) is 22.8 Å². The van der Waals surface area contributed by atoms with E-state index in [9.17, 15) is 0 Å². The Kier molecular flexibility index (Phi) is 6.53. The Morgan fingerprint density at radius 3 is 3.05 bits per heavy atom. The molecule has 3 unspecified atom stereocenters. The van der Waals surface area contributed by atoms with Gasteiger partial charge >= 0.3 is 0 Å². The van der Waals surface area contributed by atoms with Gasteiger partial charge in [0.1, 0.15) is 12.4 Å². The summed E-state index contributed by atoms with van der Waals surface area (Å²) >= 11 is 0. The first kappa shape index (κ1) is 15.5. The summed E-state index contributed by atoms with van der Waals surface area (Å²) in [6.07, 6.45) is 4.10. The van der Waals surface area contributed by atoms with E-state index >= 15 is 0 Å². The van der Waals surface area contributed by atoms with Gasteiger partial charge in [-0.2, -0.15) is 0 Å². The largest absolute Gasteiger partial charge is 0.467 e. The highest BCUT2D eigenvalue weighted by molar-refractivity contribution is 4.97. The summed E-state index contributed by atoms with van der Waals surface area (Å²) in [5.41, 5.74) is 0. The lowest BCUT2D eigenvalue weighted by molar-refractivity contribution is -0.131. The Balaban J connectivity index is 1.49. The van der Waals surface area contributed by atoms with E-state index in [2.05, 4.69) is 5.32 Å². The van der Waals surface area contributed by atoms with Gasteiger partial charge in [0, 0.05) is 26.4 Å². The molecule has 0 aromatic carbocycles. The lowest BCUT2D eigenvalue weighted by atomic mass is 9.85. The fourth-order valence-corrected chi connectivity index (χ4v) is 2.50. The van der Waals surface area contributed by atoms with E-state index in [1.54, 1.807) is 13.4 Å². The SMILES string of the molecule is CCOC1CC(NCCCOCc2ccco2)C1OC. The molecule has 0 bridgehead atoms. The first-order chi connectivity index (χ1) is 9.85. The molecule has 0 aliphatic heterocycles. The highest BCUT2D eigenvalue weighted by atomic mass is 16.5. The molecule has 20 heavy (non-hydrogen) atoms. The first-order valence-electron chi connectivity index (χ1n) is 7.33. The molecule has 5 nitrogen and oxygen atoms in total. The zero-order valence-corrected chi connectivity index (χ0v) is 12.3. The van der Waals surface area contributed by atoms with Crippen LogP contribution in [0.3, 0.4) is 0 Å². The van der Waals surface area contributed by atoms with E-state index in [1.807, 2.05) is 19.1 Å². The van der Waals surface area contributed by atoms with Crippen molar-refractivity contribution in [3.63, 3.8) is 0 Å². The van der Waals surface area contributed by atoms with Crippen LogP contribution in [0.4, 0.5) is 0 Å². The molecular formula is C15H25NO4. The van der Waals surface area contributed by atoms with Crippen LogP contribution in [-0.4, -0.2) is 45.1 Å². The van der Waals surface area contributed by atoms with Crippen LogP contribution in [-0.2, 0) is 20.8 Å². The molecule has 0 amide bonds. The van der Waals surface area contributed by atoms with Gasteiger partial charge in [0.2, 0.25) is 0 Å². The van der Waals surface area contributed by atoms with Crippen molar-refractivity contribution in [3.8, 4) is 0 Å². The molecule has 5 heteroatoms. The predicted molar refractivity (Wildman–Crippen MR) is 75.6 cm³/mol. The number of methoxy groups -OCH3 is 1. The van der Waals surface area contributed by atoms with Crippen molar-refractivity contribution in [2.75, 3.05) is 26.9 Å². The van der Waals surface area contributed by atoms with Crippen molar-refractivity contribution in [1.29, 1.82) is 0 Å². The molecule has 1 heterocycles. The van der Waals surface area contributed by atoms with Crippen LogP contribution in [0.25, 0.3) is 0 Å². The molecule has 0 saturated heterocycles. The third-order valence-corrected chi connectivity index (χ3v) is 3.60. The van der Waals surface area contributed by atoms with Crippen molar-refractivity contribution < 1.29 is 18.6 Å². The number of furan rings is 1. The van der Waals surface area contributed by atoms with Crippen molar-refractivity contribution in [2.45, 2.75) is 44.6 Å². The molecule has 2 rings (SSSR count). The summed E-state index contributed by atoms with van der Waals surface area (Å²) < 4.78 is 21.8. The van der Waals surface area contributed by atoms with Gasteiger partial charge in [0.05, 0.1) is 18.5 Å². The summed E-state index contributed by atoms with van der Waals surface area (Å²) in [6, 6.07) is 4.20. The lowest BCUT2D eigenvalue weighted by Crippen LogP contribution is -2.59. The molecule has 1 aliphatic carbocycles. The van der Waals surface area contributed by atoms with Crippen LogP contribution in [0.2, 0.25) is 0 Å². The van der Waals surface area contributed by atoms with Gasteiger partial charge in [-0.3, -0.25) is 0 Å². The maximum Gasteiger partial charge on any atom is 0.129 e. The molecule has 1 N–H and O–H groups in total. The topological polar surface area (TPSA) is 52.9 Å². The number of nitrogens with one attached hydrogen (secondary N) is 1.